The summed E-state index contributed by atoms with van der Waals surface area (Å²) in [5, 5.41) is 6.94. The number of rotatable bonds is 3. The summed E-state index contributed by atoms with van der Waals surface area (Å²) in [6.45, 7) is 4.86. The van der Waals surface area contributed by atoms with Gasteiger partial charge in [0.25, 0.3) is 11.8 Å². The van der Waals surface area contributed by atoms with Crippen LogP contribution in [0.2, 0.25) is 10.2 Å². The molecule has 3 aromatic heterocycles. The van der Waals surface area contributed by atoms with Gasteiger partial charge in [0.05, 0.1) is 11.2 Å². The summed E-state index contributed by atoms with van der Waals surface area (Å²) in [5.74, 6) is -0.424. The van der Waals surface area contributed by atoms with Crippen LogP contribution in [0.1, 0.15) is 35.0 Å². The maximum Gasteiger partial charge on any atom is 0.294 e. The Kier molecular flexibility index (Phi) is 5.38. The summed E-state index contributed by atoms with van der Waals surface area (Å²) in [5.41, 5.74) is 0.406. The van der Waals surface area contributed by atoms with E-state index in [1.807, 2.05) is 25.3 Å². The van der Waals surface area contributed by atoms with Gasteiger partial charge >= 0.3 is 0 Å². The van der Waals surface area contributed by atoms with Gasteiger partial charge < -0.3 is 9.80 Å². The van der Waals surface area contributed by atoms with E-state index in [-0.39, 0.29) is 22.8 Å². The van der Waals surface area contributed by atoms with E-state index < -0.39 is 5.54 Å². The van der Waals surface area contributed by atoms with Crippen molar-refractivity contribution in [3.05, 3.63) is 63.9 Å². The number of carbonyl (C=O) groups excluding carboxylic acids is 2. The number of halogens is 2. The number of thiazole rings is 1. The van der Waals surface area contributed by atoms with Crippen molar-refractivity contribution in [2.45, 2.75) is 19.4 Å². The number of imidazole rings is 1. The Balaban J connectivity index is 1.35. The third-order valence-corrected chi connectivity index (χ3v) is 6.87. The highest BCUT2D eigenvalue weighted by molar-refractivity contribution is 7.15. The molecular weight excluding hydrogens is 485 g/mol. The summed E-state index contributed by atoms with van der Waals surface area (Å²) >= 11 is 13.7. The molecule has 0 aliphatic carbocycles. The molecule has 0 N–H and O–H groups in total. The summed E-state index contributed by atoms with van der Waals surface area (Å²) in [4.78, 5) is 39.0. The first-order valence-corrected chi connectivity index (χ1v) is 11.8. The molecule has 0 bridgehead atoms. The number of hydrogen-bond acceptors (Lipinski definition) is 6. The summed E-state index contributed by atoms with van der Waals surface area (Å²) in [7, 11) is 0. The van der Waals surface area contributed by atoms with Crippen LogP contribution in [0.25, 0.3) is 10.6 Å². The second-order valence-corrected chi connectivity index (χ2v) is 9.96. The molecule has 0 atom stereocenters. The molecular formula is C21H19Cl2N7O2S. The number of aromatic nitrogens is 5. The molecule has 1 aliphatic heterocycles. The maximum atomic E-state index is 13.3. The summed E-state index contributed by atoms with van der Waals surface area (Å²) < 4.78 is 3.21. The van der Waals surface area contributed by atoms with Gasteiger partial charge in [-0.15, -0.1) is 16.4 Å². The van der Waals surface area contributed by atoms with Crippen molar-refractivity contribution in [3.8, 4) is 5.69 Å². The number of benzene rings is 1. The van der Waals surface area contributed by atoms with Crippen molar-refractivity contribution < 1.29 is 9.59 Å². The lowest BCUT2D eigenvalue weighted by atomic mass is 9.98. The van der Waals surface area contributed by atoms with Gasteiger partial charge in [-0.2, -0.15) is 0 Å². The molecule has 9 nitrogen and oxygen atoms in total. The maximum absolute atomic E-state index is 13.3. The van der Waals surface area contributed by atoms with E-state index in [2.05, 4.69) is 15.1 Å². The highest BCUT2D eigenvalue weighted by Crippen LogP contribution is 2.27. The minimum Gasteiger partial charge on any atom is -0.333 e. The average molecular weight is 504 g/mol. The molecule has 4 aromatic rings. The zero-order valence-corrected chi connectivity index (χ0v) is 20.1. The molecule has 5 rings (SSSR count). The number of hydrogen-bond donors (Lipinski definition) is 0. The highest BCUT2D eigenvalue weighted by atomic mass is 35.5. The first-order valence-electron chi connectivity index (χ1n) is 10.1. The van der Waals surface area contributed by atoms with Gasteiger partial charge in [-0.25, -0.2) is 14.6 Å². The van der Waals surface area contributed by atoms with Gasteiger partial charge in [0.2, 0.25) is 5.82 Å². The topological polar surface area (TPSA) is 88.6 Å². The van der Waals surface area contributed by atoms with E-state index in [1.54, 1.807) is 38.6 Å². The van der Waals surface area contributed by atoms with Crippen LogP contribution >= 0.6 is 34.5 Å². The standard InChI is InChI=1S/C21H19Cl2N7O2S/c1-21(2)11-27(18(31)15-16(23)25-20-28(15)8-9-33-20)6-7-29(21)19(32)17-24-12-30(26-17)14-5-3-4-13(22)10-14/h3-5,8-10,12H,6-7,11H2,1-2H3. The van der Waals surface area contributed by atoms with E-state index in [4.69, 9.17) is 23.2 Å². The molecule has 1 aromatic carbocycles. The number of fused-ring (bicyclic) bond motifs is 1. The molecule has 0 spiro atoms. The fraction of sp³-hybridized carbons (Fsp3) is 0.286. The SMILES string of the molecule is CC1(C)CN(C(=O)c2c(Cl)nc3sccn23)CCN1C(=O)c1ncn(-c2cccc(Cl)c2)n1. The first kappa shape index (κ1) is 21.9. The predicted molar refractivity (Wildman–Crippen MR) is 125 cm³/mol. The Hall–Kier alpha value is -2.95. The van der Waals surface area contributed by atoms with Crippen LogP contribution in [0.4, 0.5) is 0 Å². The van der Waals surface area contributed by atoms with Crippen molar-refractivity contribution >= 4 is 51.3 Å². The average Bonchev–Trinajstić information content (AvgIpc) is 3.48. The van der Waals surface area contributed by atoms with Gasteiger partial charge in [-0.1, -0.05) is 29.3 Å². The lowest BCUT2D eigenvalue weighted by molar-refractivity contribution is 0.0158. The monoisotopic (exact) mass is 503 g/mol. The molecule has 0 radical (unpaired) electrons. The fourth-order valence-corrected chi connectivity index (χ4v) is 5.23. The molecule has 1 aliphatic rings. The van der Waals surface area contributed by atoms with Crippen LogP contribution in [-0.4, -0.2) is 70.9 Å². The van der Waals surface area contributed by atoms with Crippen molar-refractivity contribution in [2.75, 3.05) is 19.6 Å². The van der Waals surface area contributed by atoms with Gasteiger partial charge in [0, 0.05) is 36.2 Å². The van der Waals surface area contributed by atoms with Crippen LogP contribution in [0, 0.1) is 0 Å². The van der Waals surface area contributed by atoms with E-state index in [1.165, 1.54) is 22.3 Å². The largest absolute Gasteiger partial charge is 0.333 e. The van der Waals surface area contributed by atoms with Crippen LogP contribution in [0.5, 0.6) is 0 Å². The number of nitrogens with zero attached hydrogens (tertiary/aromatic N) is 7. The van der Waals surface area contributed by atoms with Crippen molar-refractivity contribution in [1.82, 2.24) is 33.9 Å². The molecule has 0 saturated carbocycles. The minimum atomic E-state index is -0.641. The number of piperazine rings is 1. The second kappa shape index (κ2) is 8.12. The molecule has 2 amide bonds. The fourth-order valence-electron chi connectivity index (χ4n) is 4.03. The van der Waals surface area contributed by atoms with Crippen molar-refractivity contribution in [2.24, 2.45) is 0 Å². The molecule has 170 valence electrons. The molecule has 1 fully saturated rings. The zero-order valence-electron chi connectivity index (χ0n) is 17.8. The van der Waals surface area contributed by atoms with E-state index in [0.29, 0.717) is 41.0 Å². The van der Waals surface area contributed by atoms with Gasteiger partial charge in [0.15, 0.2) is 15.8 Å². The first-order chi connectivity index (χ1) is 15.7. The number of amides is 2. The quantitative estimate of drug-likeness (QED) is 0.425. The molecule has 12 heteroatoms. The minimum absolute atomic E-state index is 0.0849. The summed E-state index contributed by atoms with van der Waals surface area (Å²) in [6.07, 6.45) is 3.26. The lowest BCUT2D eigenvalue weighted by Crippen LogP contribution is -2.62. The predicted octanol–water partition coefficient (Wildman–Crippen LogP) is 3.66. The summed E-state index contributed by atoms with van der Waals surface area (Å²) in [6, 6.07) is 7.13. The van der Waals surface area contributed by atoms with Crippen LogP contribution in [-0.2, 0) is 0 Å². The molecule has 1 saturated heterocycles. The molecule has 0 unspecified atom stereocenters. The van der Waals surface area contributed by atoms with E-state index >= 15 is 0 Å². The van der Waals surface area contributed by atoms with Crippen molar-refractivity contribution in [1.29, 1.82) is 0 Å². The van der Waals surface area contributed by atoms with Crippen LogP contribution in [0.3, 0.4) is 0 Å². The smallest absolute Gasteiger partial charge is 0.294 e. The van der Waals surface area contributed by atoms with Crippen molar-refractivity contribution in [3.63, 3.8) is 0 Å². The third-order valence-electron chi connectivity index (χ3n) is 5.61. The van der Waals surface area contributed by atoms with E-state index in [0.717, 1.165) is 0 Å². The van der Waals surface area contributed by atoms with Gasteiger partial charge in [0.1, 0.15) is 6.33 Å². The Morgan fingerprint density at radius 1 is 1.15 bits per heavy atom. The van der Waals surface area contributed by atoms with Crippen LogP contribution < -0.4 is 0 Å². The third kappa shape index (κ3) is 3.88. The number of carbonyl (C=O) groups is 2. The van der Waals surface area contributed by atoms with Gasteiger partial charge in [-0.3, -0.25) is 14.0 Å². The Morgan fingerprint density at radius 3 is 2.73 bits per heavy atom. The second-order valence-electron chi connectivity index (χ2n) is 8.30. The van der Waals surface area contributed by atoms with Crippen LogP contribution in [0.15, 0.2) is 42.2 Å². The van der Waals surface area contributed by atoms with Gasteiger partial charge in [-0.05, 0) is 32.0 Å². The Labute approximate surface area is 203 Å². The normalized spacial score (nSPS) is 15.9. The Bertz CT molecular complexity index is 1380. The molecule has 4 heterocycles. The van der Waals surface area contributed by atoms with E-state index in [9.17, 15) is 9.59 Å². The Morgan fingerprint density at radius 2 is 1.97 bits per heavy atom. The molecule has 33 heavy (non-hydrogen) atoms. The zero-order chi connectivity index (χ0) is 23.3. The highest BCUT2D eigenvalue weighted by Gasteiger charge is 2.41. The lowest BCUT2D eigenvalue weighted by Gasteiger charge is -2.46.